The van der Waals surface area contributed by atoms with E-state index in [2.05, 4.69) is 4.74 Å². The SMILES string of the molecule is FC(C(F)(F)F)C(F)(F)OCC(F)(F)C(F)(F)C(F)(F)C(F)F. The number of halogens is 14. The van der Waals surface area contributed by atoms with Crippen molar-refractivity contribution in [3.63, 3.8) is 0 Å². The van der Waals surface area contributed by atoms with E-state index < -0.39 is 49.3 Å². The predicted molar refractivity (Wildman–Crippen MR) is 42.7 cm³/mol. The summed E-state index contributed by atoms with van der Waals surface area (Å²) < 4.78 is 173. The zero-order valence-electron chi connectivity index (χ0n) is 10.1. The molecule has 0 fully saturated rings. The average molecular weight is 382 g/mol. The maximum Gasteiger partial charge on any atom is 0.428 e. The second kappa shape index (κ2) is 6.12. The van der Waals surface area contributed by atoms with Crippen LogP contribution in [0.3, 0.4) is 0 Å². The summed E-state index contributed by atoms with van der Waals surface area (Å²) in [7, 11) is 0. The van der Waals surface area contributed by atoms with Gasteiger partial charge >= 0.3 is 36.5 Å². The van der Waals surface area contributed by atoms with E-state index in [1.165, 1.54) is 0 Å². The highest BCUT2D eigenvalue weighted by molar-refractivity contribution is 4.98. The summed E-state index contributed by atoms with van der Waals surface area (Å²) in [5, 5.41) is 0. The normalized spacial score (nSPS) is 16.8. The maximum atomic E-state index is 12.7. The van der Waals surface area contributed by atoms with E-state index in [-0.39, 0.29) is 0 Å². The van der Waals surface area contributed by atoms with Gasteiger partial charge in [0.05, 0.1) is 0 Å². The smallest absolute Gasteiger partial charge is 0.311 e. The van der Waals surface area contributed by atoms with Gasteiger partial charge in [-0.2, -0.15) is 48.3 Å². The van der Waals surface area contributed by atoms with Gasteiger partial charge < -0.3 is 4.74 Å². The molecule has 0 saturated heterocycles. The Morgan fingerprint density at radius 1 is 0.696 bits per heavy atom. The summed E-state index contributed by atoms with van der Waals surface area (Å²) in [5.74, 6) is -20.2. The van der Waals surface area contributed by atoms with Gasteiger partial charge in [-0.25, -0.2) is 13.2 Å². The third-order valence-electron chi connectivity index (χ3n) is 2.18. The Balaban J connectivity index is 5.29. The molecule has 1 atom stereocenters. The van der Waals surface area contributed by atoms with Crippen molar-refractivity contribution < 1.29 is 66.2 Å². The lowest BCUT2D eigenvalue weighted by Crippen LogP contribution is -2.60. The minimum Gasteiger partial charge on any atom is -0.311 e. The Labute approximate surface area is 117 Å². The number of hydrogen-bond donors (Lipinski definition) is 0. The van der Waals surface area contributed by atoms with Gasteiger partial charge in [0.2, 0.25) is 0 Å². The Morgan fingerprint density at radius 2 is 1.09 bits per heavy atom. The third kappa shape index (κ3) is 4.29. The van der Waals surface area contributed by atoms with E-state index in [1.54, 1.807) is 0 Å². The molecule has 23 heavy (non-hydrogen) atoms. The van der Waals surface area contributed by atoms with Crippen LogP contribution in [-0.2, 0) is 4.74 Å². The fourth-order valence-electron chi connectivity index (χ4n) is 0.922. The Kier molecular flexibility index (Phi) is 5.85. The van der Waals surface area contributed by atoms with Crippen molar-refractivity contribution in [1.29, 1.82) is 0 Å². The van der Waals surface area contributed by atoms with Crippen molar-refractivity contribution >= 4 is 0 Å². The van der Waals surface area contributed by atoms with Gasteiger partial charge in [0.1, 0.15) is 6.61 Å². The minimum absolute atomic E-state index is 2.31. The van der Waals surface area contributed by atoms with Gasteiger partial charge in [0.15, 0.2) is 0 Å². The molecule has 0 aromatic rings. The molecule has 0 aliphatic heterocycles. The second-order valence-electron chi connectivity index (χ2n) is 3.96. The Morgan fingerprint density at radius 3 is 1.39 bits per heavy atom. The first-order valence-corrected chi connectivity index (χ1v) is 4.95. The van der Waals surface area contributed by atoms with Crippen LogP contribution in [0.25, 0.3) is 0 Å². The summed E-state index contributed by atoms with van der Waals surface area (Å²) in [4.78, 5) is 0. The molecule has 15 heteroatoms. The average Bonchev–Trinajstić information content (AvgIpc) is 2.34. The Bertz CT molecular complexity index is 398. The standard InChI is InChI=1S/C8H4F14O/c9-2(6(16,17)18)7(19,20)23-1-4(12,13)8(21,22)5(14,15)3(10)11/h2-3H,1H2. The predicted octanol–water partition coefficient (Wildman–Crippen LogP) is 4.67. The van der Waals surface area contributed by atoms with Crippen molar-refractivity contribution in [2.45, 2.75) is 42.6 Å². The van der Waals surface area contributed by atoms with Gasteiger partial charge in [-0.15, -0.1) is 0 Å². The van der Waals surface area contributed by atoms with Gasteiger partial charge in [0, 0.05) is 0 Å². The van der Waals surface area contributed by atoms with Crippen molar-refractivity contribution in [2.75, 3.05) is 6.61 Å². The molecular formula is C8H4F14O. The second-order valence-corrected chi connectivity index (χ2v) is 3.96. The van der Waals surface area contributed by atoms with Crippen LogP contribution in [0.1, 0.15) is 0 Å². The molecule has 140 valence electrons. The molecule has 0 aromatic heterocycles. The number of rotatable bonds is 7. The van der Waals surface area contributed by atoms with E-state index >= 15 is 0 Å². The lowest BCUT2D eigenvalue weighted by atomic mass is 10.1. The maximum absolute atomic E-state index is 12.7. The minimum atomic E-state index is -6.98. The fourth-order valence-corrected chi connectivity index (χ4v) is 0.922. The molecule has 0 heterocycles. The number of hydrogen-bond acceptors (Lipinski definition) is 1. The molecular weight excluding hydrogens is 378 g/mol. The van der Waals surface area contributed by atoms with Gasteiger partial charge in [0.25, 0.3) is 6.17 Å². The van der Waals surface area contributed by atoms with Crippen molar-refractivity contribution in [1.82, 2.24) is 0 Å². The molecule has 0 N–H and O–H groups in total. The van der Waals surface area contributed by atoms with Crippen molar-refractivity contribution in [3.05, 3.63) is 0 Å². The molecule has 0 saturated carbocycles. The zero-order chi connectivity index (χ0) is 19.1. The number of alkyl halides is 14. The molecule has 0 aliphatic rings. The summed E-state index contributed by atoms with van der Waals surface area (Å²) in [5.41, 5.74) is 0. The van der Waals surface area contributed by atoms with E-state index in [9.17, 15) is 61.5 Å². The quantitative estimate of drug-likeness (QED) is 0.582. The van der Waals surface area contributed by atoms with Crippen LogP contribution >= 0.6 is 0 Å². The topological polar surface area (TPSA) is 9.23 Å². The van der Waals surface area contributed by atoms with E-state index in [0.717, 1.165) is 0 Å². The lowest BCUT2D eigenvalue weighted by molar-refractivity contribution is -0.381. The summed E-state index contributed by atoms with van der Waals surface area (Å²) in [6.45, 7) is -3.59. The summed E-state index contributed by atoms with van der Waals surface area (Å²) >= 11 is 0. The number of ether oxygens (including phenoxy) is 1. The van der Waals surface area contributed by atoms with Gasteiger partial charge in [-0.1, -0.05) is 0 Å². The summed E-state index contributed by atoms with van der Waals surface area (Å²) in [6.07, 6.45) is -23.1. The molecule has 0 aromatic carbocycles. The van der Waals surface area contributed by atoms with Crippen LogP contribution in [0, 0.1) is 0 Å². The first-order valence-electron chi connectivity index (χ1n) is 4.95. The molecule has 0 amide bonds. The van der Waals surface area contributed by atoms with E-state index in [4.69, 9.17) is 0 Å². The molecule has 1 nitrogen and oxygen atoms in total. The van der Waals surface area contributed by atoms with Crippen LogP contribution in [0.2, 0.25) is 0 Å². The highest BCUT2D eigenvalue weighted by Crippen LogP contribution is 2.49. The lowest BCUT2D eigenvalue weighted by Gasteiger charge is -2.33. The van der Waals surface area contributed by atoms with Crippen LogP contribution in [0.15, 0.2) is 0 Å². The molecule has 1 unspecified atom stereocenters. The van der Waals surface area contributed by atoms with Crippen molar-refractivity contribution in [3.8, 4) is 0 Å². The fraction of sp³-hybridized carbons (Fsp3) is 1.00. The molecule has 0 bridgehead atoms. The zero-order valence-corrected chi connectivity index (χ0v) is 10.1. The van der Waals surface area contributed by atoms with Gasteiger partial charge in [-0.3, -0.25) is 0 Å². The monoisotopic (exact) mass is 382 g/mol. The first-order chi connectivity index (χ1) is 9.81. The third-order valence-corrected chi connectivity index (χ3v) is 2.18. The van der Waals surface area contributed by atoms with Crippen LogP contribution in [-0.4, -0.2) is 49.3 Å². The largest absolute Gasteiger partial charge is 0.428 e. The molecule has 0 aliphatic carbocycles. The Hall–Kier alpha value is -1.02. The molecule has 0 spiro atoms. The first kappa shape index (κ1) is 22.0. The van der Waals surface area contributed by atoms with Crippen LogP contribution in [0.4, 0.5) is 61.5 Å². The molecule has 0 rings (SSSR count). The van der Waals surface area contributed by atoms with E-state index in [1.807, 2.05) is 0 Å². The molecule has 0 radical (unpaired) electrons. The summed E-state index contributed by atoms with van der Waals surface area (Å²) in [6, 6.07) is 0. The highest BCUT2D eigenvalue weighted by atomic mass is 19.4. The van der Waals surface area contributed by atoms with Crippen LogP contribution in [0.5, 0.6) is 0 Å². The van der Waals surface area contributed by atoms with Crippen molar-refractivity contribution in [2.24, 2.45) is 0 Å². The van der Waals surface area contributed by atoms with E-state index in [0.29, 0.717) is 0 Å². The van der Waals surface area contributed by atoms with Gasteiger partial charge in [-0.05, 0) is 0 Å². The van der Waals surface area contributed by atoms with Crippen LogP contribution < -0.4 is 0 Å². The highest BCUT2D eigenvalue weighted by Gasteiger charge is 2.76.